The van der Waals surface area contributed by atoms with Crippen LogP contribution >= 0.6 is 11.8 Å². The van der Waals surface area contributed by atoms with Crippen LogP contribution in [0.1, 0.15) is 17.9 Å². The molecule has 6 heteroatoms. The second kappa shape index (κ2) is 5.52. The molecule has 1 aliphatic heterocycles. The Morgan fingerprint density at radius 3 is 2.79 bits per heavy atom. The van der Waals surface area contributed by atoms with Crippen molar-refractivity contribution in [3.05, 3.63) is 29.8 Å². The largest absolute Gasteiger partial charge is 0.497 e. The number of ether oxygens (including phenoxy) is 1. The average Bonchev–Trinajstić information content (AvgIpc) is 2.83. The third kappa shape index (κ3) is 2.68. The van der Waals surface area contributed by atoms with Gasteiger partial charge in [-0.05, 0) is 17.7 Å². The summed E-state index contributed by atoms with van der Waals surface area (Å²) in [7, 11) is 1.57. The summed E-state index contributed by atoms with van der Waals surface area (Å²) in [4.78, 5) is 24.3. The van der Waals surface area contributed by atoms with Crippen molar-refractivity contribution in [3.8, 4) is 5.75 Å². The molecule has 1 aliphatic rings. The first-order valence-electron chi connectivity index (χ1n) is 5.82. The smallest absolute Gasteiger partial charge is 0.327 e. The van der Waals surface area contributed by atoms with Gasteiger partial charge in [0.1, 0.15) is 17.2 Å². The molecule has 19 heavy (non-hydrogen) atoms. The summed E-state index contributed by atoms with van der Waals surface area (Å²) in [6.45, 7) is 1.40. The Morgan fingerprint density at radius 1 is 1.47 bits per heavy atom. The number of nitrogens with zero attached hydrogens (tertiary/aromatic N) is 1. The van der Waals surface area contributed by atoms with Crippen LogP contribution in [0, 0.1) is 0 Å². The lowest BCUT2D eigenvalue weighted by Gasteiger charge is -2.26. The molecule has 0 aromatic heterocycles. The first-order chi connectivity index (χ1) is 9.04. The molecule has 0 bridgehead atoms. The minimum atomic E-state index is -0.965. The van der Waals surface area contributed by atoms with E-state index in [0.717, 1.165) is 5.56 Å². The zero-order valence-electron chi connectivity index (χ0n) is 10.7. The fourth-order valence-electron chi connectivity index (χ4n) is 2.13. The Hall–Kier alpha value is -1.69. The fourth-order valence-corrected chi connectivity index (χ4v) is 3.60. The summed E-state index contributed by atoms with van der Waals surface area (Å²) in [5.41, 5.74) is 0.878. The second-order valence-electron chi connectivity index (χ2n) is 4.24. The molecule has 0 spiro atoms. The number of carbonyl (C=O) groups excluding carboxylic acids is 1. The summed E-state index contributed by atoms with van der Waals surface area (Å²) in [6, 6.07) is 6.59. The molecule has 2 atom stereocenters. The van der Waals surface area contributed by atoms with Crippen molar-refractivity contribution in [1.82, 2.24) is 4.90 Å². The number of amides is 1. The molecule has 0 aliphatic carbocycles. The minimum Gasteiger partial charge on any atom is -0.497 e. The molecular formula is C13H15NO4S. The van der Waals surface area contributed by atoms with E-state index in [1.165, 1.54) is 23.6 Å². The molecule has 1 fully saturated rings. The summed E-state index contributed by atoms with van der Waals surface area (Å²) in [5.74, 6) is -0.102. The lowest BCUT2D eigenvalue weighted by atomic mass is 10.1. The standard InChI is InChI=1S/C13H15NO4S/c1-8(15)14-11(13(16)17)7-19-12(14)9-4-3-5-10(6-9)18-2/h3-6,11-12H,7H2,1-2H3,(H,16,17)/t11-,12-/m0/s1. The van der Waals surface area contributed by atoms with Gasteiger partial charge in [-0.2, -0.15) is 0 Å². The highest BCUT2D eigenvalue weighted by Gasteiger charge is 2.40. The molecular weight excluding hydrogens is 266 g/mol. The van der Waals surface area contributed by atoms with E-state index in [1.807, 2.05) is 24.3 Å². The van der Waals surface area contributed by atoms with Crippen LogP contribution in [0.2, 0.25) is 0 Å². The van der Waals surface area contributed by atoms with Gasteiger partial charge in [0, 0.05) is 12.7 Å². The van der Waals surface area contributed by atoms with Gasteiger partial charge >= 0.3 is 5.97 Å². The van der Waals surface area contributed by atoms with Crippen molar-refractivity contribution in [2.75, 3.05) is 12.9 Å². The Balaban J connectivity index is 2.33. The molecule has 0 radical (unpaired) electrons. The van der Waals surface area contributed by atoms with Gasteiger partial charge < -0.3 is 14.7 Å². The van der Waals surface area contributed by atoms with E-state index in [-0.39, 0.29) is 11.3 Å². The molecule has 1 amide bonds. The van der Waals surface area contributed by atoms with E-state index >= 15 is 0 Å². The van der Waals surface area contributed by atoms with Gasteiger partial charge in [-0.1, -0.05) is 12.1 Å². The Bertz CT molecular complexity index is 505. The summed E-state index contributed by atoms with van der Waals surface area (Å²) in [5, 5.41) is 8.90. The van der Waals surface area contributed by atoms with Crippen molar-refractivity contribution in [2.45, 2.75) is 18.3 Å². The Kier molecular flexibility index (Phi) is 3.99. The van der Waals surface area contributed by atoms with E-state index in [9.17, 15) is 9.59 Å². The van der Waals surface area contributed by atoms with Gasteiger partial charge in [-0.3, -0.25) is 4.79 Å². The number of carboxylic acids is 1. The Labute approximate surface area is 115 Å². The van der Waals surface area contributed by atoms with Gasteiger partial charge in [-0.25, -0.2) is 4.79 Å². The summed E-state index contributed by atoms with van der Waals surface area (Å²) < 4.78 is 5.16. The highest BCUT2D eigenvalue weighted by atomic mass is 32.2. The van der Waals surface area contributed by atoms with Crippen LogP contribution in [0.3, 0.4) is 0 Å². The fraction of sp³-hybridized carbons (Fsp3) is 0.385. The quantitative estimate of drug-likeness (QED) is 0.914. The molecule has 1 aromatic carbocycles. The predicted molar refractivity (Wildman–Crippen MR) is 72.1 cm³/mol. The first-order valence-corrected chi connectivity index (χ1v) is 6.86. The maximum absolute atomic E-state index is 11.7. The van der Waals surface area contributed by atoms with Crippen molar-refractivity contribution in [3.63, 3.8) is 0 Å². The maximum atomic E-state index is 11.7. The van der Waals surface area contributed by atoms with Crippen LogP contribution in [0.5, 0.6) is 5.75 Å². The number of benzene rings is 1. The van der Waals surface area contributed by atoms with Crippen LogP contribution in [0.25, 0.3) is 0 Å². The van der Waals surface area contributed by atoms with Crippen molar-refractivity contribution >= 4 is 23.6 Å². The van der Waals surface area contributed by atoms with Gasteiger partial charge in [0.05, 0.1) is 7.11 Å². The molecule has 0 saturated carbocycles. The number of carbonyl (C=O) groups is 2. The number of hydrogen-bond donors (Lipinski definition) is 1. The van der Waals surface area contributed by atoms with Crippen molar-refractivity contribution < 1.29 is 19.4 Å². The van der Waals surface area contributed by atoms with Gasteiger partial charge in [0.25, 0.3) is 0 Å². The zero-order valence-corrected chi connectivity index (χ0v) is 11.5. The SMILES string of the molecule is COc1cccc([C@@H]2SC[C@@H](C(=O)O)N2C(C)=O)c1. The number of methoxy groups -OCH3 is 1. The highest BCUT2D eigenvalue weighted by Crippen LogP contribution is 2.42. The topological polar surface area (TPSA) is 66.8 Å². The van der Waals surface area contributed by atoms with E-state index in [2.05, 4.69) is 0 Å². The van der Waals surface area contributed by atoms with Gasteiger partial charge in [0.15, 0.2) is 0 Å². The van der Waals surface area contributed by atoms with Gasteiger partial charge in [-0.15, -0.1) is 11.8 Å². The van der Waals surface area contributed by atoms with Crippen molar-refractivity contribution in [1.29, 1.82) is 0 Å². The van der Waals surface area contributed by atoms with Crippen LogP contribution < -0.4 is 4.74 Å². The zero-order chi connectivity index (χ0) is 14.0. The molecule has 1 aromatic rings. The third-order valence-corrected chi connectivity index (χ3v) is 4.35. The number of hydrogen-bond acceptors (Lipinski definition) is 4. The van der Waals surface area contributed by atoms with Gasteiger partial charge in [0.2, 0.25) is 5.91 Å². The lowest BCUT2D eigenvalue weighted by molar-refractivity contribution is -0.148. The molecule has 1 N–H and O–H groups in total. The van der Waals surface area contributed by atoms with E-state index in [4.69, 9.17) is 9.84 Å². The maximum Gasteiger partial charge on any atom is 0.327 e. The van der Waals surface area contributed by atoms with E-state index in [0.29, 0.717) is 11.5 Å². The van der Waals surface area contributed by atoms with E-state index < -0.39 is 12.0 Å². The molecule has 1 heterocycles. The molecule has 1 saturated heterocycles. The number of carboxylic acid groups (broad SMARTS) is 1. The third-order valence-electron chi connectivity index (χ3n) is 3.03. The van der Waals surface area contributed by atoms with Crippen LogP contribution in [-0.2, 0) is 9.59 Å². The molecule has 102 valence electrons. The highest BCUT2D eigenvalue weighted by molar-refractivity contribution is 7.99. The van der Waals surface area contributed by atoms with Crippen LogP contribution in [-0.4, -0.2) is 40.8 Å². The van der Waals surface area contributed by atoms with Crippen LogP contribution in [0.4, 0.5) is 0 Å². The Morgan fingerprint density at radius 2 is 2.21 bits per heavy atom. The monoisotopic (exact) mass is 281 g/mol. The number of rotatable bonds is 3. The normalized spacial score (nSPS) is 22.3. The van der Waals surface area contributed by atoms with Crippen molar-refractivity contribution in [2.24, 2.45) is 0 Å². The number of thioether (sulfide) groups is 1. The van der Waals surface area contributed by atoms with E-state index in [1.54, 1.807) is 7.11 Å². The molecule has 0 unspecified atom stereocenters. The molecule has 2 rings (SSSR count). The lowest BCUT2D eigenvalue weighted by Crippen LogP contribution is -2.41. The second-order valence-corrected chi connectivity index (χ2v) is 5.36. The number of aliphatic carboxylic acids is 1. The molecule has 5 nitrogen and oxygen atoms in total. The van der Waals surface area contributed by atoms with Crippen LogP contribution in [0.15, 0.2) is 24.3 Å². The minimum absolute atomic E-state index is 0.231. The average molecular weight is 281 g/mol. The predicted octanol–water partition coefficient (Wildman–Crippen LogP) is 1.74. The first kappa shape index (κ1) is 13.7. The summed E-state index contributed by atoms with van der Waals surface area (Å²) >= 11 is 1.46. The summed E-state index contributed by atoms with van der Waals surface area (Å²) in [6.07, 6.45) is 0.